The zero-order valence-electron chi connectivity index (χ0n) is 8.98. The molecule has 0 aliphatic rings. The predicted octanol–water partition coefficient (Wildman–Crippen LogP) is 1.54. The molecule has 0 radical (unpaired) electrons. The third-order valence-electron chi connectivity index (χ3n) is 2.15. The van der Waals surface area contributed by atoms with Gasteiger partial charge < -0.3 is 14.9 Å². The fourth-order valence-corrected chi connectivity index (χ4v) is 1.56. The molecular weight excluding hydrogens is 212 g/mol. The van der Waals surface area contributed by atoms with Gasteiger partial charge >= 0.3 is 11.9 Å². The molecule has 0 spiro atoms. The van der Waals surface area contributed by atoms with Crippen LogP contribution in [0.5, 0.6) is 0 Å². The fourth-order valence-electron chi connectivity index (χ4n) is 1.56. The molecule has 0 saturated carbocycles. The van der Waals surface area contributed by atoms with E-state index < -0.39 is 11.9 Å². The molecule has 86 valence electrons. The zero-order chi connectivity index (χ0) is 12.3. The fraction of sp³-hybridized carbons (Fsp3) is 0.273. The average Bonchev–Trinajstić information content (AvgIpc) is 2.16. The summed E-state index contributed by atoms with van der Waals surface area (Å²) in [4.78, 5) is 21.9. The van der Waals surface area contributed by atoms with Gasteiger partial charge in [-0.25, -0.2) is 9.59 Å². The molecule has 0 amide bonds. The Bertz CT molecular complexity index is 436. The first kappa shape index (κ1) is 12.2. The number of carbonyl (C=O) groups is 2. The summed E-state index contributed by atoms with van der Waals surface area (Å²) in [6.07, 6.45) is 0. The first-order chi connectivity index (χ1) is 7.47. The van der Waals surface area contributed by atoms with Gasteiger partial charge in [0.25, 0.3) is 0 Å². The number of carboxylic acids is 2. The molecule has 0 bridgehead atoms. The number of benzene rings is 1. The zero-order valence-corrected chi connectivity index (χ0v) is 8.98. The number of carboxylic acid groups (broad SMARTS) is 2. The lowest BCUT2D eigenvalue weighted by atomic mass is 9.98. The summed E-state index contributed by atoms with van der Waals surface area (Å²) in [5.41, 5.74) is 0.675. The lowest BCUT2D eigenvalue weighted by molar-refractivity contribution is 0.0650. The maximum atomic E-state index is 10.9. The SMILES string of the molecule is COCc1cc(C)c(C(=O)O)c(C(=O)O)c1. The van der Waals surface area contributed by atoms with Crippen LogP contribution in [0.3, 0.4) is 0 Å². The van der Waals surface area contributed by atoms with Gasteiger partial charge in [0, 0.05) is 7.11 Å². The highest BCUT2D eigenvalue weighted by Gasteiger charge is 2.19. The molecule has 1 aromatic rings. The Labute approximate surface area is 92.3 Å². The van der Waals surface area contributed by atoms with Crippen LogP contribution in [0.4, 0.5) is 0 Å². The van der Waals surface area contributed by atoms with Gasteiger partial charge in [0.15, 0.2) is 0 Å². The minimum absolute atomic E-state index is 0.174. The first-order valence-electron chi connectivity index (χ1n) is 4.56. The normalized spacial score (nSPS) is 10.1. The molecule has 16 heavy (non-hydrogen) atoms. The van der Waals surface area contributed by atoms with Gasteiger partial charge in [-0.1, -0.05) is 6.07 Å². The van der Waals surface area contributed by atoms with Crippen molar-refractivity contribution in [3.63, 3.8) is 0 Å². The van der Waals surface area contributed by atoms with Crippen LogP contribution < -0.4 is 0 Å². The highest BCUT2D eigenvalue weighted by atomic mass is 16.5. The van der Waals surface area contributed by atoms with E-state index in [0.717, 1.165) is 0 Å². The van der Waals surface area contributed by atoms with Crippen LogP contribution in [-0.2, 0) is 11.3 Å². The summed E-state index contributed by atoms with van der Waals surface area (Å²) in [6.45, 7) is 1.82. The van der Waals surface area contributed by atoms with Crippen molar-refractivity contribution in [2.24, 2.45) is 0 Å². The Morgan fingerprint density at radius 1 is 1.25 bits per heavy atom. The van der Waals surface area contributed by atoms with E-state index in [1.165, 1.54) is 13.2 Å². The van der Waals surface area contributed by atoms with Crippen LogP contribution >= 0.6 is 0 Å². The van der Waals surface area contributed by atoms with Crippen molar-refractivity contribution in [2.45, 2.75) is 13.5 Å². The summed E-state index contributed by atoms with van der Waals surface area (Å²) in [5.74, 6) is -2.49. The van der Waals surface area contributed by atoms with Gasteiger partial charge in [0.2, 0.25) is 0 Å². The van der Waals surface area contributed by atoms with E-state index in [1.54, 1.807) is 13.0 Å². The molecule has 0 aromatic heterocycles. The Hall–Kier alpha value is -1.88. The molecule has 0 aliphatic heterocycles. The monoisotopic (exact) mass is 224 g/mol. The number of aromatic carboxylic acids is 2. The summed E-state index contributed by atoms with van der Waals surface area (Å²) >= 11 is 0. The van der Waals surface area contributed by atoms with E-state index in [1.807, 2.05) is 0 Å². The maximum Gasteiger partial charge on any atom is 0.336 e. The number of rotatable bonds is 4. The van der Waals surface area contributed by atoms with Crippen molar-refractivity contribution in [2.75, 3.05) is 7.11 Å². The number of aryl methyl sites for hydroxylation is 1. The van der Waals surface area contributed by atoms with Gasteiger partial charge in [0.05, 0.1) is 17.7 Å². The van der Waals surface area contributed by atoms with Crippen molar-refractivity contribution >= 4 is 11.9 Å². The Balaban J connectivity index is 3.39. The molecular formula is C11H12O5. The number of ether oxygens (including phenoxy) is 1. The van der Waals surface area contributed by atoms with Crippen LogP contribution in [-0.4, -0.2) is 29.3 Å². The molecule has 0 atom stereocenters. The maximum absolute atomic E-state index is 10.9. The Kier molecular flexibility index (Phi) is 3.63. The lowest BCUT2D eigenvalue weighted by Crippen LogP contribution is -2.11. The molecule has 1 rings (SSSR count). The van der Waals surface area contributed by atoms with Crippen LogP contribution in [0.25, 0.3) is 0 Å². The van der Waals surface area contributed by atoms with Gasteiger partial charge in [-0.2, -0.15) is 0 Å². The van der Waals surface area contributed by atoms with Crippen LogP contribution in [0.15, 0.2) is 12.1 Å². The minimum atomic E-state index is -1.25. The molecule has 0 heterocycles. The van der Waals surface area contributed by atoms with Gasteiger partial charge in [-0.3, -0.25) is 0 Å². The largest absolute Gasteiger partial charge is 0.478 e. The van der Waals surface area contributed by atoms with Crippen molar-refractivity contribution < 1.29 is 24.5 Å². The number of hydrogen-bond acceptors (Lipinski definition) is 3. The summed E-state index contributed by atoms with van der Waals surface area (Å²) in [7, 11) is 1.49. The summed E-state index contributed by atoms with van der Waals surface area (Å²) < 4.78 is 4.88. The van der Waals surface area contributed by atoms with E-state index in [4.69, 9.17) is 14.9 Å². The minimum Gasteiger partial charge on any atom is -0.478 e. The van der Waals surface area contributed by atoms with Crippen molar-refractivity contribution in [3.8, 4) is 0 Å². The van der Waals surface area contributed by atoms with Crippen LogP contribution in [0, 0.1) is 6.92 Å². The Morgan fingerprint density at radius 3 is 2.31 bits per heavy atom. The molecule has 0 aliphatic carbocycles. The quantitative estimate of drug-likeness (QED) is 0.810. The highest BCUT2D eigenvalue weighted by Crippen LogP contribution is 2.18. The molecule has 0 fully saturated rings. The second-order valence-electron chi connectivity index (χ2n) is 3.38. The van der Waals surface area contributed by atoms with E-state index in [0.29, 0.717) is 11.1 Å². The molecule has 1 aromatic carbocycles. The smallest absolute Gasteiger partial charge is 0.336 e. The standard InChI is InChI=1S/C11H12O5/c1-6-3-7(5-16-2)4-8(10(12)13)9(6)11(14)15/h3-4H,5H2,1-2H3,(H,12,13)(H,14,15). The molecule has 2 N–H and O–H groups in total. The van der Waals surface area contributed by atoms with E-state index >= 15 is 0 Å². The van der Waals surface area contributed by atoms with E-state index in [2.05, 4.69) is 0 Å². The highest BCUT2D eigenvalue weighted by molar-refractivity contribution is 6.02. The Morgan fingerprint density at radius 2 is 1.88 bits per heavy atom. The summed E-state index contributed by atoms with van der Waals surface area (Å²) in [6, 6.07) is 2.93. The van der Waals surface area contributed by atoms with E-state index in [9.17, 15) is 9.59 Å². The van der Waals surface area contributed by atoms with Gasteiger partial charge in [-0.05, 0) is 24.1 Å². The first-order valence-corrected chi connectivity index (χ1v) is 4.56. The van der Waals surface area contributed by atoms with Gasteiger partial charge in [-0.15, -0.1) is 0 Å². The van der Waals surface area contributed by atoms with Gasteiger partial charge in [0.1, 0.15) is 0 Å². The molecule has 0 unspecified atom stereocenters. The topological polar surface area (TPSA) is 83.8 Å². The third kappa shape index (κ3) is 2.38. The predicted molar refractivity (Wildman–Crippen MR) is 55.8 cm³/mol. The lowest BCUT2D eigenvalue weighted by Gasteiger charge is -2.08. The van der Waals surface area contributed by atoms with E-state index in [-0.39, 0.29) is 17.7 Å². The van der Waals surface area contributed by atoms with Crippen LogP contribution in [0.2, 0.25) is 0 Å². The average molecular weight is 224 g/mol. The molecule has 5 heteroatoms. The van der Waals surface area contributed by atoms with Crippen LogP contribution in [0.1, 0.15) is 31.8 Å². The van der Waals surface area contributed by atoms with Crippen molar-refractivity contribution in [1.29, 1.82) is 0 Å². The van der Waals surface area contributed by atoms with Crippen molar-refractivity contribution in [1.82, 2.24) is 0 Å². The number of hydrogen-bond donors (Lipinski definition) is 2. The molecule has 5 nitrogen and oxygen atoms in total. The second-order valence-corrected chi connectivity index (χ2v) is 3.38. The van der Waals surface area contributed by atoms with Crippen molar-refractivity contribution in [3.05, 3.63) is 34.4 Å². The second kappa shape index (κ2) is 4.76. The number of methoxy groups -OCH3 is 1. The molecule has 0 saturated heterocycles. The third-order valence-corrected chi connectivity index (χ3v) is 2.15. The summed E-state index contributed by atoms with van der Waals surface area (Å²) in [5, 5.41) is 17.8.